The van der Waals surface area contributed by atoms with Gasteiger partial charge in [0.1, 0.15) is 0 Å². The largest absolute Gasteiger partial charge is 0.329 e. The summed E-state index contributed by atoms with van der Waals surface area (Å²) in [6.07, 6.45) is 1.57. The van der Waals surface area contributed by atoms with E-state index in [0.29, 0.717) is 6.54 Å². The van der Waals surface area contributed by atoms with Crippen LogP contribution in [0.5, 0.6) is 0 Å². The van der Waals surface area contributed by atoms with Crippen molar-refractivity contribution in [2.75, 3.05) is 6.54 Å². The van der Waals surface area contributed by atoms with Gasteiger partial charge < -0.3 is 11.5 Å². The molecule has 0 heterocycles. The van der Waals surface area contributed by atoms with Crippen molar-refractivity contribution in [1.29, 1.82) is 0 Å². The van der Waals surface area contributed by atoms with Gasteiger partial charge in [0.25, 0.3) is 0 Å². The van der Waals surface area contributed by atoms with Crippen molar-refractivity contribution in [2.24, 2.45) is 11.5 Å². The van der Waals surface area contributed by atoms with Gasteiger partial charge in [0, 0.05) is 12.1 Å². The van der Waals surface area contributed by atoms with E-state index in [-0.39, 0.29) is 10.8 Å². The van der Waals surface area contributed by atoms with E-state index in [1.165, 1.54) is 22.3 Å². The lowest BCUT2D eigenvalue weighted by Gasteiger charge is -2.29. The van der Waals surface area contributed by atoms with Gasteiger partial charge in [-0.25, -0.2) is 0 Å². The van der Waals surface area contributed by atoms with E-state index in [2.05, 4.69) is 90.1 Å². The molecule has 0 saturated carbocycles. The summed E-state index contributed by atoms with van der Waals surface area (Å²) in [7, 11) is 0. The molecule has 0 unspecified atom stereocenters. The van der Waals surface area contributed by atoms with E-state index in [4.69, 9.17) is 11.5 Å². The average Bonchev–Trinajstić information content (AvgIpc) is 2.54. The summed E-state index contributed by atoms with van der Waals surface area (Å²) in [6.45, 7) is 13.9. The van der Waals surface area contributed by atoms with E-state index in [1.807, 2.05) is 0 Å². The van der Waals surface area contributed by atoms with E-state index < -0.39 is 5.54 Å². The molecule has 0 bridgehead atoms. The number of nitrogens with two attached hydrogens (primary N) is 2. The zero-order valence-corrected chi connectivity index (χ0v) is 17.4. The highest BCUT2D eigenvalue weighted by molar-refractivity contribution is 5.31. The van der Waals surface area contributed by atoms with Gasteiger partial charge in [-0.3, -0.25) is 0 Å². The van der Waals surface area contributed by atoms with Crippen LogP contribution >= 0.6 is 0 Å². The topological polar surface area (TPSA) is 52.0 Å². The monoisotopic (exact) mass is 352 g/mol. The van der Waals surface area contributed by atoms with E-state index in [0.717, 1.165) is 12.8 Å². The van der Waals surface area contributed by atoms with E-state index in [1.54, 1.807) is 0 Å². The third-order valence-corrected chi connectivity index (χ3v) is 5.16. The summed E-state index contributed by atoms with van der Waals surface area (Å²) in [5.41, 5.74) is 17.9. The SMILES string of the molecule is CC(C)(C)c1ccc(CC(N)(CN)Cc2ccc(C(C)(C)C)cc2)cc1. The Hall–Kier alpha value is -1.64. The minimum atomic E-state index is -0.424. The first-order valence-corrected chi connectivity index (χ1v) is 9.61. The first kappa shape index (κ1) is 20.7. The Morgan fingerprint density at radius 2 is 0.923 bits per heavy atom. The standard InChI is InChI=1S/C24H36N2/c1-22(2,3)20-11-7-18(8-12-20)15-24(26,17-25)16-19-9-13-21(14-10-19)23(4,5)6/h7-14H,15-17,25-26H2,1-6H3. The number of hydrogen-bond donors (Lipinski definition) is 2. The third-order valence-electron chi connectivity index (χ3n) is 5.16. The van der Waals surface area contributed by atoms with Gasteiger partial charge in [-0.15, -0.1) is 0 Å². The minimum Gasteiger partial charge on any atom is -0.329 e. The summed E-state index contributed by atoms with van der Waals surface area (Å²) in [5, 5.41) is 0. The first-order chi connectivity index (χ1) is 11.9. The van der Waals surface area contributed by atoms with E-state index >= 15 is 0 Å². The Morgan fingerprint density at radius 1 is 0.615 bits per heavy atom. The van der Waals surface area contributed by atoms with Crippen LogP contribution in [0.4, 0.5) is 0 Å². The lowest BCUT2D eigenvalue weighted by atomic mass is 9.82. The molecule has 0 atom stereocenters. The molecular weight excluding hydrogens is 316 g/mol. The molecule has 2 heteroatoms. The normalized spacial score (nSPS) is 13.1. The second-order valence-electron chi connectivity index (χ2n) is 9.81. The smallest absolute Gasteiger partial charge is 0.0360 e. The molecule has 0 aromatic heterocycles. The van der Waals surface area contributed by atoms with Crippen molar-refractivity contribution < 1.29 is 0 Å². The molecule has 142 valence electrons. The van der Waals surface area contributed by atoms with Crippen molar-refractivity contribution in [2.45, 2.75) is 70.8 Å². The quantitative estimate of drug-likeness (QED) is 0.818. The molecule has 2 aromatic rings. The third kappa shape index (κ3) is 5.43. The predicted molar refractivity (Wildman–Crippen MR) is 114 cm³/mol. The molecule has 26 heavy (non-hydrogen) atoms. The van der Waals surface area contributed by atoms with Gasteiger partial charge in [0.15, 0.2) is 0 Å². The summed E-state index contributed by atoms with van der Waals surface area (Å²) in [5.74, 6) is 0. The maximum Gasteiger partial charge on any atom is 0.0360 e. The fraction of sp³-hybridized carbons (Fsp3) is 0.500. The summed E-state index contributed by atoms with van der Waals surface area (Å²) in [6, 6.07) is 17.6. The predicted octanol–water partition coefficient (Wildman–Crippen LogP) is 4.72. The van der Waals surface area contributed by atoms with Crippen molar-refractivity contribution in [3.63, 3.8) is 0 Å². The Balaban J connectivity index is 2.13. The van der Waals surface area contributed by atoms with Gasteiger partial charge >= 0.3 is 0 Å². The molecule has 0 saturated heterocycles. The summed E-state index contributed by atoms with van der Waals surface area (Å²) >= 11 is 0. The van der Waals surface area contributed by atoms with Crippen LogP contribution in [0.15, 0.2) is 48.5 Å². The van der Waals surface area contributed by atoms with Gasteiger partial charge in [-0.2, -0.15) is 0 Å². The zero-order valence-electron chi connectivity index (χ0n) is 17.4. The molecule has 0 aliphatic heterocycles. The van der Waals surface area contributed by atoms with Crippen LogP contribution in [0.25, 0.3) is 0 Å². The fourth-order valence-electron chi connectivity index (χ4n) is 3.27. The second kappa shape index (κ2) is 7.54. The van der Waals surface area contributed by atoms with Crippen LogP contribution in [0.2, 0.25) is 0 Å². The Morgan fingerprint density at radius 3 is 1.15 bits per heavy atom. The van der Waals surface area contributed by atoms with Crippen LogP contribution < -0.4 is 11.5 Å². The molecule has 2 nitrogen and oxygen atoms in total. The highest BCUT2D eigenvalue weighted by Gasteiger charge is 2.25. The van der Waals surface area contributed by atoms with Crippen molar-refractivity contribution in [3.05, 3.63) is 70.8 Å². The lowest BCUT2D eigenvalue weighted by Crippen LogP contribution is -2.50. The van der Waals surface area contributed by atoms with Crippen LogP contribution in [0, 0.1) is 0 Å². The van der Waals surface area contributed by atoms with Gasteiger partial charge in [-0.1, -0.05) is 90.1 Å². The van der Waals surface area contributed by atoms with Crippen LogP contribution in [0.3, 0.4) is 0 Å². The Labute approximate surface area is 160 Å². The summed E-state index contributed by atoms with van der Waals surface area (Å²) < 4.78 is 0. The molecule has 2 aromatic carbocycles. The van der Waals surface area contributed by atoms with Crippen LogP contribution in [-0.4, -0.2) is 12.1 Å². The van der Waals surface area contributed by atoms with Gasteiger partial charge in [0.2, 0.25) is 0 Å². The molecule has 0 aliphatic carbocycles. The van der Waals surface area contributed by atoms with Crippen molar-refractivity contribution in [1.82, 2.24) is 0 Å². The lowest BCUT2D eigenvalue weighted by molar-refractivity contribution is 0.429. The molecule has 0 amide bonds. The molecular formula is C24H36N2. The summed E-state index contributed by atoms with van der Waals surface area (Å²) in [4.78, 5) is 0. The maximum atomic E-state index is 6.68. The number of rotatable bonds is 5. The number of benzene rings is 2. The highest BCUT2D eigenvalue weighted by atomic mass is 14.8. The van der Waals surface area contributed by atoms with Gasteiger partial charge in [-0.05, 0) is 45.9 Å². The maximum absolute atomic E-state index is 6.68. The number of hydrogen-bond acceptors (Lipinski definition) is 2. The average molecular weight is 353 g/mol. The van der Waals surface area contributed by atoms with Crippen molar-refractivity contribution >= 4 is 0 Å². The van der Waals surface area contributed by atoms with E-state index in [9.17, 15) is 0 Å². The fourth-order valence-corrected chi connectivity index (χ4v) is 3.27. The Kier molecular flexibility index (Phi) is 5.99. The van der Waals surface area contributed by atoms with Crippen LogP contribution in [-0.2, 0) is 23.7 Å². The molecule has 0 fully saturated rings. The van der Waals surface area contributed by atoms with Gasteiger partial charge in [0.05, 0.1) is 0 Å². The molecule has 4 N–H and O–H groups in total. The zero-order chi connectivity index (χ0) is 19.6. The highest BCUT2D eigenvalue weighted by Crippen LogP contribution is 2.25. The molecule has 0 radical (unpaired) electrons. The van der Waals surface area contributed by atoms with Crippen molar-refractivity contribution in [3.8, 4) is 0 Å². The molecule has 0 spiro atoms. The molecule has 2 rings (SSSR count). The van der Waals surface area contributed by atoms with Crippen LogP contribution in [0.1, 0.15) is 63.8 Å². The Bertz CT molecular complexity index is 638. The minimum absolute atomic E-state index is 0.168. The second-order valence-corrected chi connectivity index (χ2v) is 9.81. The first-order valence-electron chi connectivity index (χ1n) is 9.61. The molecule has 0 aliphatic rings.